The summed E-state index contributed by atoms with van der Waals surface area (Å²) in [4.78, 5) is 13.4. The number of hydrogen-bond acceptors (Lipinski definition) is 7. The van der Waals surface area contributed by atoms with Gasteiger partial charge >= 0.3 is 0 Å². The van der Waals surface area contributed by atoms with Gasteiger partial charge in [-0.3, -0.25) is 9.69 Å². The van der Waals surface area contributed by atoms with Gasteiger partial charge in [-0.15, -0.1) is 10.2 Å². The van der Waals surface area contributed by atoms with E-state index in [0.29, 0.717) is 47.9 Å². The van der Waals surface area contributed by atoms with Crippen LogP contribution in [0.15, 0.2) is 65.1 Å². The number of halogens is 1. The van der Waals surface area contributed by atoms with Crippen LogP contribution in [0, 0.1) is 12.8 Å². The predicted octanol–water partition coefficient (Wildman–Crippen LogP) is 5.28. The number of aromatic nitrogens is 2. The van der Waals surface area contributed by atoms with Gasteiger partial charge in [0.25, 0.3) is 0 Å². The second-order valence-electron chi connectivity index (χ2n) is 9.54. The number of hydrogen-bond donors (Lipinski definition) is 0. The molecule has 2 heterocycles. The van der Waals surface area contributed by atoms with Gasteiger partial charge in [0.05, 0.1) is 24.8 Å². The third-order valence-electron chi connectivity index (χ3n) is 7.25. The van der Waals surface area contributed by atoms with E-state index in [9.17, 15) is 4.79 Å². The standard InChI is InChI=1S/C29H30ClN3O4/c1-20-6-3-4-7-23(20)24-8-5-11-29(21(24)2,19-36-26-10-9-22(18-34)16-25(26)30)28-32-31-27(37-28)17-33-12-14-35-15-13-33/h3-11,16,18,21H,12-15,17,19H2,1-2H3. The molecule has 37 heavy (non-hydrogen) atoms. The van der Waals surface area contributed by atoms with Crippen LogP contribution in [0.5, 0.6) is 5.75 Å². The van der Waals surface area contributed by atoms with Crippen molar-refractivity contribution in [2.24, 2.45) is 5.92 Å². The molecule has 0 radical (unpaired) electrons. The van der Waals surface area contributed by atoms with Gasteiger partial charge in [0, 0.05) is 24.6 Å². The zero-order valence-corrected chi connectivity index (χ0v) is 21.8. The average molecular weight is 520 g/mol. The molecule has 2 unspecified atom stereocenters. The third-order valence-corrected chi connectivity index (χ3v) is 7.55. The molecule has 1 saturated heterocycles. The number of nitrogens with zero attached hydrogens (tertiary/aromatic N) is 3. The van der Waals surface area contributed by atoms with Crippen LogP contribution in [-0.2, 0) is 16.7 Å². The highest BCUT2D eigenvalue weighted by atomic mass is 35.5. The molecular formula is C29H30ClN3O4. The summed E-state index contributed by atoms with van der Waals surface area (Å²) in [5, 5.41) is 9.31. The number of benzene rings is 2. The van der Waals surface area contributed by atoms with Crippen LogP contribution in [0.25, 0.3) is 5.57 Å². The molecule has 1 aliphatic heterocycles. The normalized spacial score (nSPS) is 22.0. The molecule has 0 N–H and O–H groups in total. The highest BCUT2D eigenvalue weighted by molar-refractivity contribution is 6.32. The Hall–Kier alpha value is -3.26. The van der Waals surface area contributed by atoms with E-state index >= 15 is 0 Å². The molecule has 7 nitrogen and oxygen atoms in total. The van der Waals surface area contributed by atoms with Gasteiger partial charge in [-0.2, -0.15) is 0 Å². The number of carbonyl (C=O) groups excluding carboxylic acids is 1. The Morgan fingerprint density at radius 2 is 2.00 bits per heavy atom. The van der Waals surface area contributed by atoms with Gasteiger partial charge in [-0.05, 0) is 41.8 Å². The fourth-order valence-corrected chi connectivity index (χ4v) is 5.21. The molecule has 2 atom stereocenters. The minimum absolute atomic E-state index is 0.0386. The zero-order chi connectivity index (χ0) is 25.8. The number of aryl methyl sites for hydroxylation is 1. The molecular weight excluding hydrogens is 490 g/mol. The van der Waals surface area contributed by atoms with E-state index < -0.39 is 5.41 Å². The molecule has 1 fully saturated rings. The molecule has 8 heteroatoms. The van der Waals surface area contributed by atoms with Crippen LogP contribution in [0.1, 0.15) is 40.2 Å². The van der Waals surface area contributed by atoms with E-state index in [1.165, 1.54) is 16.7 Å². The molecule has 5 rings (SSSR count). The molecule has 0 bridgehead atoms. The van der Waals surface area contributed by atoms with Crippen molar-refractivity contribution in [3.63, 3.8) is 0 Å². The van der Waals surface area contributed by atoms with Crippen molar-refractivity contribution >= 4 is 23.5 Å². The van der Waals surface area contributed by atoms with Crippen LogP contribution in [-0.4, -0.2) is 54.3 Å². The molecule has 1 aromatic heterocycles. The SMILES string of the molecule is Cc1ccccc1C1=CC=CC(COc2ccc(C=O)cc2Cl)(c2nnc(CN3CCOCC3)o2)C1C. The molecule has 0 saturated carbocycles. The summed E-state index contributed by atoms with van der Waals surface area (Å²) < 4.78 is 18.1. The lowest BCUT2D eigenvalue weighted by atomic mass is 9.68. The van der Waals surface area contributed by atoms with Crippen molar-refractivity contribution in [2.75, 3.05) is 32.9 Å². The van der Waals surface area contributed by atoms with Crippen LogP contribution < -0.4 is 4.74 Å². The molecule has 1 aliphatic carbocycles. The van der Waals surface area contributed by atoms with Crippen molar-refractivity contribution < 1.29 is 18.7 Å². The first kappa shape index (κ1) is 25.4. The minimum Gasteiger partial charge on any atom is -0.491 e. The minimum atomic E-state index is -0.727. The van der Waals surface area contributed by atoms with E-state index in [4.69, 9.17) is 25.5 Å². The van der Waals surface area contributed by atoms with Crippen molar-refractivity contribution in [3.8, 4) is 5.75 Å². The summed E-state index contributed by atoms with van der Waals surface area (Å²) in [6.07, 6.45) is 7.02. The Bertz CT molecular complexity index is 1330. The van der Waals surface area contributed by atoms with Gasteiger partial charge in [0.1, 0.15) is 24.1 Å². The Morgan fingerprint density at radius 3 is 2.76 bits per heavy atom. The summed E-state index contributed by atoms with van der Waals surface area (Å²) in [6.45, 7) is 8.14. The van der Waals surface area contributed by atoms with Crippen molar-refractivity contribution in [3.05, 3.63) is 94.2 Å². The van der Waals surface area contributed by atoms with Crippen LogP contribution >= 0.6 is 11.6 Å². The lowest BCUT2D eigenvalue weighted by molar-refractivity contribution is 0.0301. The van der Waals surface area contributed by atoms with Crippen LogP contribution in [0.4, 0.5) is 0 Å². The number of rotatable bonds is 8. The maximum atomic E-state index is 11.1. The monoisotopic (exact) mass is 519 g/mol. The average Bonchev–Trinajstić information content (AvgIpc) is 3.39. The second kappa shape index (κ2) is 11.0. The van der Waals surface area contributed by atoms with E-state index in [1.54, 1.807) is 18.2 Å². The number of ether oxygens (including phenoxy) is 2. The Kier molecular flexibility index (Phi) is 7.55. The Balaban J connectivity index is 1.49. The fraction of sp³-hybridized carbons (Fsp3) is 0.345. The summed E-state index contributed by atoms with van der Waals surface area (Å²) in [7, 11) is 0. The molecule has 0 spiro atoms. The number of allylic oxidation sites excluding steroid dienone is 3. The van der Waals surface area contributed by atoms with Gasteiger partial charge in [-0.25, -0.2) is 0 Å². The van der Waals surface area contributed by atoms with E-state index in [1.807, 2.05) is 18.2 Å². The Morgan fingerprint density at radius 1 is 1.19 bits per heavy atom. The van der Waals surface area contributed by atoms with Crippen LogP contribution in [0.3, 0.4) is 0 Å². The molecule has 0 amide bonds. The number of carbonyl (C=O) groups is 1. The largest absolute Gasteiger partial charge is 0.491 e. The van der Waals surface area contributed by atoms with Crippen molar-refractivity contribution in [2.45, 2.75) is 25.8 Å². The summed E-state index contributed by atoms with van der Waals surface area (Å²) >= 11 is 6.43. The van der Waals surface area contributed by atoms with Gasteiger partial charge in [-0.1, -0.05) is 61.0 Å². The van der Waals surface area contributed by atoms with Gasteiger partial charge in [0.2, 0.25) is 11.8 Å². The van der Waals surface area contributed by atoms with Crippen molar-refractivity contribution in [1.82, 2.24) is 15.1 Å². The number of morpholine rings is 1. The lowest BCUT2D eigenvalue weighted by Gasteiger charge is -2.37. The first-order valence-electron chi connectivity index (χ1n) is 12.5. The summed E-state index contributed by atoms with van der Waals surface area (Å²) in [6, 6.07) is 13.3. The summed E-state index contributed by atoms with van der Waals surface area (Å²) in [5.74, 6) is 1.52. The maximum Gasteiger partial charge on any atom is 0.230 e. The predicted molar refractivity (Wildman–Crippen MR) is 142 cm³/mol. The van der Waals surface area contributed by atoms with Crippen molar-refractivity contribution in [1.29, 1.82) is 0 Å². The first-order chi connectivity index (χ1) is 18.0. The zero-order valence-electron chi connectivity index (χ0n) is 21.0. The molecule has 3 aromatic rings. The smallest absolute Gasteiger partial charge is 0.230 e. The molecule has 192 valence electrons. The number of aldehydes is 1. The topological polar surface area (TPSA) is 77.7 Å². The van der Waals surface area contributed by atoms with Gasteiger partial charge < -0.3 is 13.9 Å². The first-order valence-corrected chi connectivity index (χ1v) is 12.8. The molecule has 2 aromatic carbocycles. The second-order valence-corrected chi connectivity index (χ2v) is 9.95. The van der Waals surface area contributed by atoms with E-state index in [2.05, 4.69) is 53.2 Å². The van der Waals surface area contributed by atoms with Crippen LogP contribution in [0.2, 0.25) is 5.02 Å². The third kappa shape index (κ3) is 5.25. The van der Waals surface area contributed by atoms with E-state index in [-0.39, 0.29) is 12.5 Å². The quantitative estimate of drug-likeness (QED) is 0.374. The Labute approximate surface area is 221 Å². The molecule has 2 aliphatic rings. The maximum absolute atomic E-state index is 11.1. The highest BCUT2D eigenvalue weighted by Gasteiger charge is 2.45. The van der Waals surface area contributed by atoms with Gasteiger partial charge in [0.15, 0.2) is 0 Å². The fourth-order valence-electron chi connectivity index (χ4n) is 4.96. The lowest BCUT2D eigenvalue weighted by Crippen LogP contribution is -2.40. The summed E-state index contributed by atoms with van der Waals surface area (Å²) in [5.41, 5.74) is 3.30. The highest BCUT2D eigenvalue weighted by Crippen LogP contribution is 2.45. The van der Waals surface area contributed by atoms with E-state index in [0.717, 1.165) is 19.4 Å².